The first-order valence-corrected chi connectivity index (χ1v) is 9.60. The van der Waals surface area contributed by atoms with Gasteiger partial charge in [-0.25, -0.2) is 4.98 Å². The van der Waals surface area contributed by atoms with Crippen LogP contribution in [0.2, 0.25) is 0 Å². The second-order valence-corrected chi connectivity index (χ2v) is 7.89. The van der Waals surface area contributed by atoms with E-state index in [9.17, 15) is 4.79 Å². The summed E-state index contributed by atoms with van der Waals surface area (Å²) in [5.41, 5.74) is 3.50. The van der Waals surface area contributed by atoms with Gasteiger partial charge in [0.05, 0.1) is 12.2 Å². The topological polar surface area (TPSA) is 36.4 Å². The highest BCUT2D eigenvalue weighted by molar-refractivity contribution is 7.14. The summed E-state index contributed by atoms with van der Waals surface area (Å²) < 4.78 is 0. The average Bonchev–Trinajstić information content (AvgIpc) is 3.24. The van der Waals surface area contributed by atoms with Gasteiger partial charge in [0.1, 0.15) is 0 Å². The Hall–Kier alpha value is -1.88. The molecule has 2 aromatic rings. The van der Waals surface area contributed by atoms with Gasteiger partial charge in [-0.15, -0.1) is 11.3 Å². The maximum Gasteiger partial charge on any atom is 0.242 e. The zero-order chi connectivity index (χ0) is 16.7. The van der Waals surface area contributed by atoms with Crippen molar-refractivity contribution in [3.05, 3.63) is 35.2 Å². The van der Waals surface area contributed by atoms with Gasteiger partial charge in [-0.05, 0) is 24.3 Å². The largest absolute Gasteiger partial charge is 0.337 e. The summed E-state index contributed by atoms with van der Waals surface area (Å²) in [6.45, 7) is 6.73. The molecule has 0 aliphatic carbocycles. The average molecular weight is 341 g/mol. The summed E-state index contributed by atoms with van der Waals surface area (Å²) in [5, 5.41) is 3.07. The normalized spacial score (nSPS) is 20.8. The quantitative estimate of drug-likeness (QED) is 0.853. The van der Waals surface area contributed by atoms with Crippen LogP contribution in [0.3, 0.4) is 0 Å². The van der Waals surface area contributed by atoms with Gasteiger partial charge in [0.2, 0.25) is 5.91 Å². The SMILES string of the molecule is CC(C)c1ccc(-c2csc(N3CC(=O)N4CCCC4C3)n2)cc1. The summed E-state index contributed by atoms with van der Waals surface area (Å²) in [4.78, 5) is 21.3. The second-order valence-electron chi connectivity index (χ2n) is 7.06. The molecule has 5 heteroatoms. The van der Waals surface area contributed by atoms with E-state index in [4.69, 9.17) is 4.98 Å². The zero-order valence-corrected chi connectivity index (χ0v) is 15.1. The maximum atomic E-state index is 12.3. The number of carbonyl (C=O) groups is 1. The molecule has 24 heavy (non-hydrogen) atoms. The lowest BCUT2D eigenvalue weighted by atomic mass is 10.0. The van der Waals surface area contributed by atoms with Crippen LogP contribution in [0.15, 0.2) is 29.6 Å². The number of nitrogens with zero attached hydrogens (tertiary/aromatic N) is 3. The summed E-state index contributed by atoms with van der Waals surface area (Å²) in [6.07, 6.45) is 2.26. The highest BCUT2D eigenvalue weighted by atomic mass is 32.1. The van der Waals surface area contributed by atoms with Crippen molar-refractivity contribution < 1.29 is 4.79 Å². The molecule has 2 fully saturated rings. The van der Waals surface area contributed by atoms with Gasteiger partial charge >= 0.3 is 0 Å². The fourth-order valence-electron chi connectivity index (χ4n) is 3.65. The first-order chi connectivity index (χ1) is 11.6. The maximum absolute atomic E-state index is 12.3. The molecule has 0 saturated carbocycles. The first-order valence-electron chi connectivity index (χ1n) is 8.72. The smallest absolute Gasteiger partial charge is 0.242 e. The molecule has 4 rings (SSSR count). The highest BCUT2D eigenvalue weighted by Crippen LogP contribution is 2.31. The third-order valence-electron chi connectivity index (χ3n) is 5.09. The molecule has 1 aromatic heterocycles. The van der Waals surface area contributed by atoms with Crippen LogP contribution in [0.5, 0.6) is 0 Å². The lowest BCUT2D eigenvalue weighted by molar-refractivity contribution is -0.131. The van der Waals surface area contributed by atoms with Crippen LogP contribution in [0, 0.1) is 0 Å². The lowest BCUT2D eigenvalue weighted by Gasteiger charge is -2.36. The number of amides is 1. The standard InChI is InChI=1S/C19H23N3OS/c1-13(2)14-5-7-15(8-6-14)17-12-24-19(20-17)21-10-16-4-3-9-22(16)18(23)11-21/h5-8,12-13,16H,3-4,9-11H2,1-2H3. The molecule has 1 atom stereocenters. The molecule has 2 aliphatic heterocycles. The van der Waals surface area contributed by atoms with Gasteiger partial charge in [0, 0.05) is 30.1 Å². The van der Waals surface area contributed by atoms with Gasteiger partial charge in [0.25, 0.3) is 0 Å². The minimum atomic E-state index is 0.252. The highest BCUT2D eigenvalue weighted by Gasteiger charge is 2.36. The van der Waals surface area contributed by atoms with Gasteiger partial charge in [0.15, 0.2) is 5.13 Å². The van der Waals surface area contributed by atoms with Crippen LogP contribution in [0.1, 0.15) is 38.2 Å². The van der Waals surface area contributed by atoms with Crippen LogP contribution >= 0.6 is 11.3 Å². The van der Waals surface area contributed by atoms with E-state index in [1.807, 2.05) is 0 Å². The number of hydrogen-bond donors (Lipinski definition) is 0. The monoisotopic (exact) mass is 341 g/mol. The van der Waals surface area contributed by atoms with Crippen molar-refractivity contribution in [3.63, 3.8) is 0 Å². The summed E-state index contributed by atoms with van der Waals surface area (Å²) in [7, 11) is 0. The first kappa shape index (κ1) is 15.6. The molecule has 4 nitrogen and oxygen atoms in total. The minimum absolute atomic E-state index is 0.252. The summed E-state index contributed by atoms with van der Waals surface area (Å²) in [5.74, 6) is 0.792. The number of piperazine rings is 1. The Morgan fingerprint density at radius 1 is 1.25 bits per heavy atom. The van der Waals surface area contributed by atoms with Gasteiger partial charge in [-0.1, -0.05) is 38.1 Å². The molecule has 0 N–H and O–H groups in total. The number of rotatable bonds is 3. The zero-order valence-electron chi connectivity index (χ0n) is 14.2. The number of hydrogen-bond acceptors (Lipinski definition) is 4. The molecule has 0 bridgehead atoms. The Balaban J connectivity index is 1.53. The van der Waals surface area contributed by atoms with Crippen LogP contribution in [0.25, 0.3) is 11.3 Å². The van der Waals surface area contributed by atoms with E-state index in [-0.39, 0.29) is 5.91 Å². The third-order valence-corrected chi connectivity index (χ3v) is 5.99. The van der Waals surface area contributed by atoms with Crippen LogP contribution < -0.4 is 4.90 Å². The van der Waals surface area contributed by atoms with Crippen molar-refractivity contribution in [2.45, 2.75) is 38.6 Å². The number of anilines is 1. The third kappa shape index (κ3) is 2.81. The van der Waals surface area contributed by atoms with Crippen LogP contribution in [0.4, 0.5) is 5.13 Å². The van der Waals surface area contributed by atoms with Crippen LogP contribution in [-0.4, -0.2) is 41.5 Å². The van der Waals surface area contributed by atoms with E-state index in [0.717, 1.165) is 42.3 Å². The Kier molecular flexibility index (Phi) is 4.04. The van der Waals surface area contributed by atoms with E-state index in [1.54, 1.807) is 11.3 Å². The van der Waals surface area contributed by atoms with E-state index in [0.29, 0.717) is 18.5 Å². The molecule has 0 radical (unpaired) electrons. The molecular formula is C19H23N3OS. The van der Waals surface area contributed by atoms with Crippen molar-refractivity contribution in [1.82, 2.24) is 9.88 Å². The molecule has 126 valence electrons. The van der Waals surface area contributed by atoms with E-state index < -0.39 is 0 Å². The molecule has 1 amide bonds. The predicted octanol–water partition coefficient (Wildman–Crippen LogP) is 3.74. The molecule has 2 aliphatic rings. The number of fused-ring (bicyclic) bond motifs is 1. The number of aromatic nitrogens is 1. The van der Waals surface area contributed by atoms with E-state index in [2.05, 4.69) is 53.3 Å². The Morgan fingerprint density at radius 2 is 2.04 bits per heavy atom. The van der Waals surface area contributed by atoms with Crippen LogP contribution in [-0.2, 0) is 4.79 Å². The predicted molar refractivity (Wildman–Crippen MR) is 98.6 cm³/mol. The fourth-order valence-corrected chi connectivity index (χ4v) is 4.50. The number of benzene rings is 1. The number of carbonyl (C=O) groups excluding carboxylic acids is 1. The van der Waals surface area contributed by atoms with Crippen molar-refractivity contribution in [3.8, 4) is 11.3 Å². The van der Waals surface area contributed by atoms with Gasteiger partial charge in [-0.3, -0.25) is 4.79 Å². The molecule has 0 spiro atoms. The Labute approximate surface area is 147 Å². The van der Waals surface area contributed by atoms with Crippen molar-refractivity contribution in [2.75, 3.05) is 24.5 Å². The Bertz CT molecular complexity index is 737. The van der Waals surface area contributed by atoms with Crippen molar-refractivity contribution in [2.24, 2.45) is 0 Å². The summed E-state index contributed by atoms with van der Waals surface area (Å²) in [6, 6.07) is 9.03. The van der Waals surface area contributed by atoms with E-state index >= 15 is 0 Å². The molecule has 1 unspecified atom stereocenters. The van der Waals surface area contributed by atoms with Crippen molar-refractivity contribution in [1.29, 1.82) is 0 Å². The molecule has 1 aromatic carbocycles. The molecule has 2 saturated heterocycles. The second kappa shape index (κ2) is 6.20. The summed E-state index contributed by atoms with van der Waals surface area (Å²) >= 11 is 1.64. The molecule has 3 heterocycles. The fraction of sp³-hybridized carbons (Fsp3) is 0.474. The van der Waals surface area contributed by atoms with E-state index in [1.165, 1.54) is 5.56 Å². The van der Waals surface area contributed by atoms with Crippen molar-refractivity contribution >= 4 is 22.4 Å². The Morgan fingerprint density at radius 3 is 2.79 bits per heavy atom. The van der Waals surface area contributed by atoms with Gasteiger partial charge < -0.3 is 9.80 Å². The minimum Gasteiger partial charge on any atom is -0.337 e. The number of thiazole rings is 1. The van der Waals surface area contributed by atoms with Gasteiger partial charge in [-0.2, -0.15) is 0 Å². The molecular weight excluding hydrogens is 318 g/mol. The lowest BCUT2D eigenvalue weighted by Crippen LogP contribution is -2.53.